The minimum absolute atomic E-state index is 0.137. The molecule has 1 amide bonds. The number of aryl methyl sites for hydroxylation is 2. The third kappa shape index (κ3) is 5.63. The molecule has 0 N–H and O–H groups in total. The fourth-order valence-electron chi connectivity index (χ4n) is 4.35. The summed E-state index contributed by atoms with van der Waals surface area (Å²) >= 11 is 1.47. The minimum Gasteiger partial charge on any atom is -0.279 e. The van der Waals surface area contributed by atoms with Gasteiger partial charge < -0.3 is 0 Å². The number of carbonyl (C=O) groups excluding carboxylic acids is 1. The Bertz CT molecular complexity index is 1720. The van der Waals surface area contributed by atoms with Crippen LogP contribution in [0.25, 0.3) is 10.2 Å². The van der Waals surface area contributed by atoms with E-state index in [1.54, 1.807) is 24.1 Å². The molecule has 1 aromatic heterocycles. The second kappa shape index (κ2) is 11.1. The van der Waals surface area contributed by atoms with Crippen LogP contribution < -0.4 is 4.90 Å². The zero-order chi connectivity index (χ0) is 27.6. The molecule has 0 saturated carbocycles. The van der Waals surface area contributed by atoms with Crippen molar-refractivity contribution in [1.29, 1.82) is 0 Å². The molecule has 198 valence electrons. The van der Waals surface area contributed by atoms with E-state index in [4.69, 9.17) is 4.98 Å². The van der Waals surface area contributed by atoms with Crippen molar-refractivity contribution < 1.29 is 13.2 Å². The fraction of sp³-hybridized carbons (Fsp3) is 0.161. The number of fused-ring (bicyclic) bond motifs is 1. The van der Waals surface area contributed by atoms with Crippen molar-refractivity contribution in [3.63, 3.8) is 0 Å². The second-order valence-electron chi connectivity index (χ2n) is 9.50. The molecule has 0 saturated heterocycles. The van der Waals surface area contributed by atoms with Gasteiger partial charge in [0.25, 0.3) is 5.91 Å². The van der Waals surface area contributed by atoms with Crippen LogP contribution in [0.15, 0.2) is 102 Å². The van der Waals surface area contributed by atoms with Crippen LogP contribution in [0.5, 0.6) is 0 Å². The van der Waals surface area contributed by atoms with E-state index < -0.39 is 10.0 Å². The Morgan fingerprint density at radius 3 is 2.00 bits per heavy atom. The van der Waals surface area contributed by atoms with Crippen molar-refractivity contribution in [3.8, 4) is 0 Å². The molecule has 0 atom stereocenters. The molecular weight excluding hydrogens is 526 g/mol. The van der Waals surface area contributed by atoms with Crippen molar-refractivity contribution in [2.24, 2.45) is 0 Å². The number of benzene rings is 4. The molecule has 0 spiro atoms. The summed E-state index contributed by atoms with van der Waals surface area (Å²) in [5.41, 5.74) is 5.39. The highest BCUT2D eigenvalue weighted by Gasteiger charge is 2.25. The Morgan fingerprint density at radius 2 is 1.38 bits per heavy atom. The van der Waals surface area contributed by atoms with Gasteiger partial charge in [0.2, 0.25) is 10.0 Å². The Balaban J connectivity index is 1.45. The molecule has 0 radical (unpaired) electrons. The summed E-state index contributed by atoms with van der Waals surface area (Å²) in [6, 6.07) is 29.4. The first kappa shape index (κ1) is 26.7. The van der Waals surface area contributed by atoms with E-state index in [-0.39, 0.29) is 17.3 Å². The third-order valence-electron chi connectivity index (χ3n) is 6.79. The van der Waals surface area contributed by atoms with Gasteiger partial charge in [0.05, 0.1) is 21.7 Å². The first-order chi connectivity index (χ1) is 18.7. The van der Waals surface area contributed by atoms with Crippen molar-refractivity contribution in [3.05, 3.63) is 125 Å². The Hall–Kier alpha value is -3.85. The molecule has 5 rings (SSSR count). The summed E-state index contributed by atoms with van der Waals surface area (Å²) in [4.78, 5) is 20.5. The molecule has 39 heavy (non-hydrogen) atoms. The Morgan fingerprint density at radius 1 is 0.795 bits per heavy atom. The number of sulfonamides is 1. The molecule has 0 aliphatic rings. The summed E-state index contributed by atoms with van der Waals surface area (Å²) in [7, 11) is -2.17. The van der Waals surface area contributed by atoms with Gasteiger partial charge in [-0.25, -0.2) is 13.4 Å². The van der Waals surface area contributed by atoms with Crippen LogP contribution >= 0.6 is 11.3 Å². The topological polar surface area (TPSA) is 70.6 Å². The summed E-state index contributed by atoms with van der Waals surface area (Å²) in [5.74, 6) is -0.242. The standard InChI is InChI=1S/C31H29N3O3S2/c1-22-14-19-28-29(23(22)2)32-31(38-28)34(21-25-12-8-5-9-13-25)30(35)26-15-17-27(18-16-26)39(36,37)33(3)20-24-10-6-4-7-11-24/h4-19H,20-21H2,1-3H3. The van der Waals surface area contributed by atoms with Crippen molar-refractivity contribution in [2.45, 2.75) is 31.8 Å². The van der Waals surface area contributed by atoms with Gasteiger partial charge in [0.15, 0.2) is 5.13 Å². The molecule has 8 heteroatoms. The van der Waals surface area contributed by atoms with Crippen LogP contribution in [0.2, 0.25) is 0 Å². The lowest BCUT2D eigenvalue weighted by Crippen LogP contribution is -2.30. The van der Waals surface area contributed by atoms with Crippen LogP contribution in [-0.4, -0.2) is 30.7 Å². The van der Waals surface area contributed by atoms with Gasteiger partial charge in [0, 0.05) is 19.2 Å². The van der Waals surface area contributed by atoms with E-state index in [0.717, 1.165) is 32.5 Å². The predicted octanol–water partition coefficient (Wildman–Crippen LogP) is 6.58. The SMILES string of the molecule is Cc1ccc2sc(N(Cc3ccccc3)C(=O)c3ccc(S(=O)(=O)N(C)Cc4ccccc4)cc3)nc2c1C. The largest absolute Gasteiger partial charge is 0.279 e. The maximum Gasteiger partial charge on any atom is 0.260 e. The molecule has 4 aromatic carbocycles. The number of hydrogen-bond acceptors (Lipinski definition) is 5. The molecule has 0 bridgehead atoms. The summed E-state index contributed by atoms with van der Waals surface area (Å²) in [5, 5.41) is 0.604. The molecule has 6 nitrogen and oxygen atoms in total. The Kier molecular flexibility index (Phi) is 7.61. The van der Waals surface area contributed by atoms with E-state index in [9.17, 15) is 13.2 Å². The van der Waals surface area contributed by atoms with E-state index in [1.165, 1.54) is 27.8 Å². The maximum absolute atomic E-state index is 13.8. The van der Waals surface area contributed by atoms with Crippen molar-refractivity contribution in [1.82, 2.24) is 9.29 Å². The molecule has 0 aliphatic carbocycles. The zero-order valence-electron chi connectivity index (χ0n) is 22.0. The lowest BCUT2D eigenvalue weighted by Gasteiger charge is -2.21. The first-order valence-electron chi connectivity index (χ1n) is 12.6. The smallest absolute Gasteiger partial charge is 0.260 e. The number of thiazole rings is 1. The van der Waals surface area contributed by atoms with Crippen molar-refractivity contribution >= 4 is 42.6 Å². The molecule has 0 unspecified atom stereocenters. The monoisotopic (exact) mass is 555 g/mol. The average molecular weight is 556 g/mol. The zero-order valence-corrected chi connectivity index (χ0v) is 23.7. The van der Waals surface area contributed by atoms with E-state index in [1.807, 2.05) is 80.6 Å². The predicted molar refractivity (Wildman–Crippen MR) is 158 cm³/mol. The van der Waals surface area contributed by atoms with Gasteiger partial charge in [-0.05, 0) is 66.4 Å². The number of amides is 1. The number of aromatic nitrogens is 1. The number of anilines is 1. The molecule has 0 fully saturated rings. The third-order valence-corrected chi connectivity index (χ3v) is 9.65. The van der Waals surface area contributed by atoms with E-state index in [2.05, 4.69) is 6.07 Å². The molecule has 1 heterocycles. The molecule has 0 aliphatic heterocycles. The highest BCUT2D eigenvalue weighted by Crippen LogP contribution is 2.33. The van der Waals surface area contributed by atoms with E-state index in [0.29, 0.717) is 17.2 Å². The highest BCUT2D eigenvalue weighted by atomic mass is 32.2. The van der Waals surface area contributed by atoms with Crippen LogP contribution in [0.1, 0.15) is 32.6 Å². The van der Waals surface area contributed by atoms with Crippen LogP contribution in [0.4, 0.5) is 5.13 Å². The fourth-order valence-corrected chi connectivity index (χ4v) is 6.53. The number of carbonyl (C=O) groups is 1. The second-order valence-corrected chi connectivity index (χ2v) is 12.6. The van der Waals surface area contributed by atoms with E-state index >= 15 is 0 Å². The van der Waals surface area contributed by atoms with Crippen molar-refractivity contribution in [2.75, 3.05) is 11.9 Å². The lowest BCUT2D eigenvalue weighted by molar-refractivity contribution is 0.0985. The van der Waals surface area contributed by atoms with Gasteiger partial charge in [-0.15, -0.1) is 0 Å². The number of hydrogen-bond donors (Lipinski definition) is 0. The van der Waals surface area contributed by atoms with Crippen LogP contribution in [0, 0.1) is 13.8 Å². The highest BCUT2D eigenvalue weighted by molar-refractivity contribution is 7.89. The van der Waals surface area contributed by atoms with Gasteiger partial charge >= 0.3 is 0 Å². The minimum atomic E-state index is -3.73. The van der Waals surface area contributed by atoms with Crippen LogP contribution in [0.3, 0.4) is 0 Å². The van der Waals surface area contributed by atoms with Crippen LogP contribution in [-0.2, 0) is 23.1 Å². The van der Waals surface area contributed by atoms with Gasteiger partial charge in [-0.1, -0.05) is 78.1 Å². The summed E-state index contributed by atoms with van der Waals surface area (Å²) < 4.78 is 28.7. The first-order valence-corrected chi connectivity index (χ1v) is 14.8. The molecule has 5 aromatic rings. The summed E-state index contributed by atoms with van der Waals surface area (Å²) in [6.07, 6.45) is 0. The quantitative estimate of drug-likeness (QED) is 0.217. The number of rotatable bonds is 8. The van der Waals surface area contributed by atoms with Gasteiger partial charge in [0.1, 0.15) is 0 Å². The lowest BCUT2D eigenvalue weighted by atomic mass is 10.1. The maximum atomic E-state index is 13.8. The van der Waals surface area contributed by atoms with Gasteiger partial charge in [-0.3, -0.25) is 9.69 Å². The van der Waals surface area contributed by atoms with Gasteiger partial charge in [-0.2, -0.15) is 4.31 Å². The number of nitrogens with zero attached hydrogens (tertiary/aromatic N) is 3. The molecular formula is C31H29N3O3S2. The Labute approximate surface area is 233 Å². The normalized spacial score (nSPS) is 11.7. The summed E-state index contributed by atoms with van der Waals surface area (Å²) in [6.45, 7) is 4.69. The average Bonchev–Trinajstić information content (AvgIpc) is 3.39.